The Morgan fingerprint density at radius 3 is 2.29 bits per heavy atom. The van der Waals surface area contributed by atoms with Crippen LogP contribution < -0.4 is 9.84 Å². The monoisotopic (exact) mass is 415 g/mol. The largest absolute Gasteiger partial charge is 0.545 e. The number of carbonyl (C=O) groups excluding carboxylic acids is 2. The van der Waals surface area contributed by atoms with Gasteiger partial charge in [0.1, 0.15) is 11.5 Å². The molecule has 1 aliphatic heterocycles. The smallest absolute Gasteiger partial charge is 0.275 e. The molecule has 1 N–H and O–H groups in total. The first-order valence-corrected chi connectivity index (χ1v) is 9.63. The van der Waals surface area contributed by atoms with E-state index in [1.165, 1.54) is 23.2 Å². The van der Waals surface area contributed by atoms with Gasteiger partial charge < -0.3 is 19.7 Å². The lowest BCUT2D eigenvalue weighted by molar-refractivity contribution is -0.255. The van der Waals surface area contributed by atoms with Gasteiger partial charge in [-0.05, 0) is 42.0 Å². The van der Waals surface area contributed by atoms with Crippen LogP contribution in [-0.2, 0) is 0 Å². The number of rotatable bonds is 5. The van der Waals surface area contributed by atoms with Gasteiger partial charge in [0.15, 0.2) is 0 Å². The number of carbonyl (C=O) groups is 2. The van der Waals surface area contributed by atoms with Crippen LogP contribution in [0.5, 0.6) is 11.5 Å². The third-order valence-corrected chi connectivity index (χ3v) is 5.21. The van der Waals surface area contributed by atoms with Gasteiger partial charge in [-0.1, -0.05) is 36.4 Å². The minimum absolute atomic E-state index is 0.0253. The molecule has 0 saturated heterocycles. The van der Waals surface area contributed by atoms with Crippen LogP contribution in [0.15, 0.2) is 77.9 Å². The summed E-state index contributed by atoms with van der Waals surface area (Å²) in [6.45, 7) is 0. The van der Waals surface area contributed by atoms with Crippen LogP contribution in [0, 0.1) is 0 Å². The second-order valence-electron chi connectivity index (χ2n) is 7.04. The number of hydrogen-bond acceptors (Lipinski definition) is 6. The summed E-state index contributed by atoms with van der Waals surface area (Å²) in [5, 5.41) is 27.7. The van der Waals surface area contributed by atoms with E-state index in [0.29, 0.717) is 23.4 Å². The number of carboxylic acids is 1. The Kier molecular flexibility index (Phi) is 5.41. The minimum atomic E-state index is -1.44. The maximum atomic E-state index is 13.4. The highest BCUT2D eigenvalue weighted by Crippen LogP contribution is 2.38. The molecule has 0 bridgehead atoms. The van der Waals surface area contributed by atoms with Crippen molar-refractivity contribution in [3.63, 3.8) is 0 Å². The van der Waals surface area contributed by atoms with E-state index in [4.69, 9.17) is 4.74 Å². The molecule has 1 heterocycles. The fraction of sp³-hybridized carbons (Fsp3) is 0.125. The van der Waals surface area contributed by atoms with Crippen LogP contribution in [0.1, 0.15) is 44.3 Å². The van der Waals surface area contributed by atoms with Gasteiger partial charge in [0.05, 0.1) is 30.4 Å². The van der Waals surface area contributed by atoms with Gasteiger partial charge in [0.2, 0.25) is 0 Å². The third kappa shape index (κ3) is 3.85. The minimum Gasteiger partial charge on any atom is -0.545 e. The molecule has 0 aromatic heterocycles. The normalized spacial score (nSPS) is 15.5. The zero-order chi connectivity index (χ0) is 22.0. The third-order valence-electron chi connectivity index (χ3n) is 5.21. The van der Waals surface area contributed by atoms with Crippen molar-refractivity contribution in [3.05, 3.63) is 95.1 Å². The Balaban J connectivity index is 1.78. The summed E-state index contributed by atoms with van der Waals surface area (Å²) < 4.78 is 5.19. The number of benzene rings is 3. The number of methoxy groups -OCH3 is 1. The molecule has 3 aromatic rings. The summed E-state index contributed by atoms with van der Waals surface area (Å²) in [4.78, 5) is 24.9. The van der Waals surface area contributed by atoms with E-state index in [9.17, 15) is 19.8 Å². The molecule has 0 fully saturated rings. The van der Waals surface area contributed by atoms with Crippen LogP contribution in [0.3, 0.4) is 0 Å². The molecule has 0 aliphatic carbocycles. The lowest BCUT2D eigenvalue weighted by Crippen LogP contribution is -2.31. The van der Waals surface area contributed by atoms with Crippen LogP contribution in [0.25, 0.3) is 0 Å². The highest BCUT2D eigenvalue weighted by Gasteiger charge is 2.35. The number of hydrazone groups is 1. The molecular formula is C24H19N2O5-. The van der Waals surface area contributed by atoms with Crippen molar-refractivity contribution < 1.29 is 24.5 Å². The number of carboxylic acid groups (broad SMARTS) is 1. The molecule has 0 spiro atoms. The Hall–Kier alpha value is -4.13. The van der Waals surface area contributed by atoms with Crippen molar-refractivity contribution in [2.45, 2.75) is 12.5 Å². The summed E-state index contributed by atoms with van der Waals surface area (Å²) >= 11 is 0. The van der Waals surface area contributed by atoms with Crippen LogP contribution in [-0.4, -0.2) is 34.8 Å². The molecule has 0 saturated carbocycles. The van der Waals surface area contributed by atoms with E-state index in [-0.39, 0.29) is 16.9 Å². The predicted molar refractivity (Wildman–Crippen MR) is 112 cm³/mol. The van der Waals surface area contributed by atoms with Crippen molar-refractivity contribution >= 4 is 17.6 Å². The number of para-hydroxylation sites is 1. The van der Waals surface area contributed by atoms with E-state index in [1.54, 1.807) is 49.6 Å². The number of phenols is 1. The molecule has 4 rings (SSSR count). The molecule has 31 heavy (non-hydrogen) atoms. The molecular weight excluding hydrogens is 396 g/mol. The topological polar surface area (TPSA) is 102 Å². The standard InChI is InChI=1S/C24H20N2O5/c1-31-16-12-10-15(11-13-16)20-14-21(19-8-4-5-9-22(19)27)26(25-20)23(28)17-6-2-3-7-18(17)24(29)30/h2-13,21,27H,14H2,1H3,(H,29,30)/p-1/t21-/m1/s1. The molecule has 1 amide bonds. The van der Waals surface area contributed by atoms with Crippen LogP contribution >= 0.6 is 0 Å². The molecule has 3 aromatic carbocycles. The number of aromatic hydroxyl groups is 1. The Morgan fingerprint density at radius 1 is 1.00 bits per heavy atom. The zero-order valence-electron chi connectivity index (χ0n) is 16.7. The average Bonchev–Trinajstić information content (AvgIpc) is 3.24. The van der Waals surface area contributed by atoms with Crippen LogP contribution in [0.2, 0.25) is 0 Å². The molecule has 0 unspecified atom stereocenters. The number of ether oxygens (including phenoxy) is 1. The highest BCUT2D eigenvalue weighted by atomic mass is 16.5. The predicted octanol–water partition coefficient (Wildman–Crippen LogP) is 2.76. The molecule has 156 valence electrons. The van der Waals surface area contributed by atoms with Crippen molar-refractivity contribution in [2.75, 3.05) is 7.11 Å². The Labute approximate surface area is 178 Å². The quantitative estimate of drug-likeness (QED) is 0.690. The van der Waals surface area contributed by atoms with Gasteiger partial charge in [-0.15, -0.1) is 0 Å². The van der Waals surface area contributed by atoms with Crippen LogP contribution in [0.4, 0.5) is 0 Å². The summed E-state index contributed by atoms with van der Waals surface area (Å²) in [6, 6.07) is 19.2. The summed E-state index contributed by atoms with van der Waals surface area (Å²) in [5.74, 6) is -1.31. The van der Waals surface area contributed by atoms with Gasteiger partial charge in [-0.3, -0.25) is 4.79 Å². The lowest BCUT2D eigenvalue weighted by Gasteiger charge is -2.23. The van der Waals surface area contributed by atoms with Gasteiger partial charge in [-0.25, -0.2) is 5.01 Å². The van der Waals surface area contributed by atoms with E-state index in [2.05, 4.69) is 5.10 Å². The Bertz CT molecular complexity index is 1170. The van der Waals surface area contributed by atoms with Crippen molar-refractivity contribution in [3.8, 4) is 11.5 Å². The number of amides is 1. The van der Waals surface area contributed by atoms with Gasteiger partial charge >= 0.3 is 0 Å². The van der Waals surface area contributed by atoms with Gasteiger partial charge in [0, 0.05) is 17.5 Å². The molecule has 7 nitrogen and oxygen atoms in total. The second kappa shape index (κ2) is 8.31. The molecule has 0 radical (unpaired) electrons. The zero-order valence-corrected chi connectivity index (χ0v) is 16.7. The first kappa shape index (κ1) is 20.2. The number of hydrogen-bond donors (Lipinski definition) is 1. The summed E-state index contributed by atoms with van der Waals surface area (Å²) in [6.07, 6.45) is 0.350. The molecule has 1 aliphatic rings. The van der Waals surface area contributed by atoms with E-state index in [1.807, 2.05) is 12.1 Å². The lowest BCUT2D eigenvalue weighted by atomic mass is 9.97. The number of phenolic OH excluding ortho intramolecular Hbond substituents is 1. The highest BCUT2D eigenvalue weighted by molar-refractivity contribution is 6.08. The fourth-order valence-electron chi connectivity index (χ4n) is 3.64. The van der Waals surface area contributed by atoms with E-state index >= 15 is 0 Å². The summed E-state index contributed by atoms with van der Waals surface area (Å²) in [7, 11) is 1.57. The van der Waals surface area contributed by atoms with Crippen molar-refractivity contribution in [1.29, 1.82) is 0 Å². The van der Waals surface area contributed by atoms with E-state index < -0.39 is 17.9 Å². The van der Waals surface area contributed by atoms with Gasteiger partial charge in [0.25, 0.3) is 5.91 Å². The molecule has 7 heteroatoms. The first-order valence-electron chi connectivity index (χ1n) is 9.63. The summed E-state index contributed by atoms with van der Waals surface area (Å²) in [5.41, 5.74) is 1.72. The SMILES string of the molecule is COc1ccc(C2=NN(C(=O)c3ccccc3C(=O)[O-])[C@@H](c3ccccc3O)C2)cc1. The van der Waals surface area contributed by atoms with Gasteiger partial charge in [-0.2, -0.15) is 5.10 Å². The fourth-order valence-corrected chi connectivity index (χ4v) is 3.64. The maximum Gasteiger partial charge on any atom is 0.275 e. The Morgan fingerprint density at radius 2 is 1.65 bits per heavy atom. The molecule has 1 atom stereocenters. The number of nitrogens with zero attached hydrogens (tertiary/aromatic N) is 2. The van der Waals surface area contributed by atoms with E-state index in [0.717, 1.165) is 5.56 Å². The average molecular weight is 415 g/mol. The van der Waals surface area contributed by atoms with Crippen molar-refractivity contribution in [2.24, 2.45) is 5.10 Å². The van der Waals surface area contributed by atoms with Crippen molar-refractivity contribution in [1.82, 2.24) is 5.01 Å². The maximum absolute atomic E-state index is 13.4. The first-order chi connectivity index (χ1) is 15.0. The second-order valence-corrected chi connectivity index (χ2v) is 7.04. The number of aromatic carboxylic acids is 1.